The molecule has 0 bridgehead atoms. The maximum absolute atomic E-state index is 11.9. The van der Waals surface area contributed by atoms with Gasteiger partial charge < -0.3 is 19.5 Å². The Bertz CT molecular complexity index is 604. The molecule has 0 atom stereocenters. The van der Waals surface area contributed by atoms with Crippen LogP contribution < -0.4 is 0 Å². The van der Waals surface area contributed by atoms with Crippen molar-refractivity contribution in [3.63, 3.8) is 0 Å². The molecule has 0 saturated heterocycles. The van der Waals surface area contributed by atoms with E-state index in [0.717, 1.165) is 11.1 Å². The molecular weight excluding hydrogens is 322 g/mol. The SMILES string of the molecule is CC(C)OC(=O)N(C)Cc1ccc(O)cc1CCC(=O)OC(C)(C)C. The van der Waals surface area contributed by atoms with Gasteiger partial charge in [-0.2, -0.15) is 0 Å². The van der Waals surface area contributed by atoms with E-state index in [-0.39, 0.29) is 24.2 Å². The Balaban J connectivity index is 2.78. The van der Waals surface area contributed by atoms with Crippen molar-refractivity contribution >= 4 is 12.1 Å². The number of aromatic hydroxyl groups is 1. The van der Waals surface area contributed by atoms with E-state index in [9.17, 15) is 14.7 Å². The second-order valence-electron chi connectivity index (χ2n) is 7.33. The molecule has 0 aromatic heterocycles. The smallest absolute Gasteiger partial charge is 0.410 e. The average molecular weight is 351 g/mol. The van der Waals surface area contributed by atoms with Gasteiger partial charge in [0.15, 0.2) is 0 Å². The number of aryl methyl sites for hydroxylation is 1. The molecule has 0 fully saturated rings. The van der Waals surface area contributed by atoms with Crippen molar-refractivity contribution in [3.8, 4) is 5.75 Å². The molecule has 6 heteroatoms. The van der Waals surface area contributed by atoms with Crippen LogP contribution in [0.15, 0.2) is 18.2 Å². The van der Waals surface area contributed by atoms with E-state index in [1.807, 2.05) is 20.8 Å². The molecule has 0 aliphatic heterocycles. The standard InChI is InChI=1S/C19H29NO5/c1-13(2)24-18(23)20(6)12-15-7-9-16(21)11-14(15)8-10-17(22)25-19(3,4)5/h7,9,11,13,21H,8,10,12H2,1-6H3. The fourth-order valence-electron chi connectivity index (χ4n) is 2.24. The van der Waals surface area contributed by atoms with Gasteiger partial charge >= 0.3 is 12.1 Å². The highest BCUT2D eigenvalue weighted by molar-refractivity contribution is 5.70. The van der Waals surface area contributed by atoms with E-state index < -0.39 is 11.7 Å². The summed E-state index contributed by atoms with van der Waals surface area (Å²) in [6.45, 7) is 9.37. The molecule has 0 radical (unpaired) electrons. The van der Waals surface area contributed by atoms with E-state index in [1.165, 1.54) is 4.90 Å². The van der Waals surface area contributed by atoms with Crippen LogP contribution in [0.1, 0.15) is 52.2 Å². The first-order chi connectivity index (χ1) is 11.5. The first-order valence-electron chi connectivity index (χ1n) is 8.42. The van der Waals surface area contributed by atoms with Crippen molar-refractivity contribution < 1.29 is 24.2 Å². The minimum Gasteiger partial charge on any atom is -0.508 e. The summed E-state index contributed by atoms with van der Waals surface area (Å²) in [6.07, 6.45) is 0.0159. The van der Waals surface area contributed by atoms with Crippen LogP contribution in [0.3, 0.4) is 0 Å². The highest BCUT2D eigenvalue weighted by atomic mass is 16.6. The molecule has 1 aromatic rings. The molecule has 6 nitrogen and oxygen atoms in total. The van der Waals surface area contributed by atoms with Gasteiger partial charge in [0.2, 0.25) is 0 Å². The van der Waals surface area contributed by atoms with E-state index in [1.54, 1.807) is 39.1 Å². The van der Waals surface area contributed by atoms with E-state index >= 15 is 0 Å². The Kier molecular flexibility index (Phi) is 7.27. The van der Waals surface area contributed by atoms with Crippen molar-refractivity contribution in [1.29, 1.82) is 0 Å². The number of carbonyl (C=O) groups is 2. The number of ether oxygens (including phenoxy) is 2. The van der Waals surface area contributed by atoms with Crippen LogP contribution in [-0.4, -0.2) is 40.8 Å². The van der Waals surface area contributed by atoms with Crippen molar-refractivity contribution in [2.24, 2.45) is 0 Å². The maximum atomic E-state index is 11.9. The molecular formula is C19H29NO5. The molecule has 1 amide bonds. The van der Waals surface area contributed by atoms with Crippen molar-refractivity contribution in [3.05, 3.63) is 29.3 Å². The minimum atomic E-state index is -0.528. The Labute approximate surface area is 149 Å². The summed E-state index contributed by atoms with van der Waals surface area (Å²) >= 11 is 0. The number of esters is 1. The highest BCUT2D eigenvalue weighted by Crippen LogP contribution is 2.21. The average Bonchev–Trinajstić information content (AvgIpc) is 2.44. The van der Waals surface area contributed by atoms with Crippen LogP contribution in [-0.2, 0) is 27.2 Å². The Morgan fingerprint density at radius 2 is 1.84 bits per heavy atom. The topological polar surface area (TPSA) is 76.1 Å². The summed E-state index contributed by atoms with van der Waals surface area (Å²) in [6, 6.07) is 4.92. The van der Waals surface area contributed by atoms with Gasteiger partial charge in [0.25, 0.3) is 0 Å². The summed E-state index contributed by atoms with van der Waals surface area (Å²) in [7, 11) is 1.65. The zero-order chi connectivity index (χ0) is 19.2. The molecule has 140 valence electrons. The van der Waals surface area contributed by atoms with Gasteiger partial charge in [-0.25, -0.2) is 4.79 Å². The third kappa shape index (κ3) is 7.92. The van der Waals surface area contributed by atoms with Crippen LogP contribution in [0.5, 0.6) is 5.75 Å². The second-order valence-corrected chi connectivity index (χ2v) is 7.33. The molecule has 1 rings (SSSR count). The molecule has 25 heavy (non-hydrogen) atoms. The number of amides is 1. The lowest BCUT2D eigenvalue weighted by atomic mass is 10.0. The Hall–Kier alpha value is -2.24. The molecule has 1 N–H and O–H groups in total. The number of carbonyl (C=O) groups excluding carboxylic acids is 2. The van der Waals surface area contributed by atoms with E-state index in [4.69, 9.17) is 9.47 Å². The number of rotatable bonds is 6. The summed E-state index contributed by atoms with van der Waals surface area (Å²) < 4.78 is 10.5. The van der Waals surface area contributed by atoms with Gasteiger partial charge in [-0.15, -0.1) is 0 Å². The fourth-order valence-corrected chi connectivity index (χ4v) is 2.24. The quantitative estimate of drug-likeness (QED) is 0.792. The molecule has 0 heterocycles. The van der Waals surface area contributed by atoms with E-state index in [0.29, 0.717) is 13.0 Å². The van der Waals surface area contributed by atoms with E-state index in [2.05, 4.69) is 0 Å². The number of nitrogens with zero attached hydrogens (tertiary/aromatic N) is 1. The molecule has 0 spiro atoms. The summed E-state index contributed by atoms with van der Waals surface area (Å²) in [4.78, 5) is 25.3. The van der Waals surface area contributed by atoms with Gasteiger partial charge in [-0.3, -0.25) is 4.79 Å². The van der Waals surface area contributed by atoms with Crippen LogP contribution >= 0.6 is 0 Å². The second kappa shape index (κ2) is 8.74. The predicted molar refractivity (Wildman–Crippen MR) is 95.4 cm³/mol. The van der Waals surface area contributed by atoms with Crippen LogP contribution in [0, 0.1) is 0 Å². The summed E-state index contributed by atoms with van der Waals surface area (Å²) in [5.74, 6) is -0.176. The summed E-state index contributed by atoms with van der Waals surface area (Å²) in [5.41, 5.74) is 1.12. The number of phenols is 1. The molecule has 1 aromatic carbocycles. The first kappa shape index (κ1) is 20.8. The predicted octanol–water partition coefficient (Wildman–Crippen LogP) is 3.64. The van der Waals surface area contributed by atoms with Crippen LogP contribution in [0.4, 0.5) is 4.79 Å². The van der Waals surface area contributed by atoms with Crippen molar-refractivity contribution in [2.45, 2.75) is 65.7 Å². The molecule has 0 saturated carbocycles. The Morgan fingerprint density at radius 3 is 2.40 bits per heavy atom. The van der Waals surface area contributed by atoms with Gasteiger partial charge in [0.05, 0.1) is 6.10 Å². The zero-order valence-electron chi connectivity index (χ0n) is 16.0. The van der Waals surface area contributed by atoms with Gasteiger partial charge in [-0.05, 0) is 64.3 Å². The maximum Gasteiger partial charge on any atom is 0.410 e. The number of hydrogen-bond donors (Lipinski definition) is 1. The normalized spacial score (nSPS) is 11.3. The Morgan fingerprint density at radius 1 is 1.20 bits per heavy atom. The first-order valence-corrected chi connectivity index (χ1v) is 8.42. The van der Waals surface area contributed by atoms with Crippen molar-refractivity contribution in [1.82, 2.24) is 4.90 Å². The monoisotopic (exact) mass is 351 g/mol. The number of phenolic OH excluding ortho intramolecular Hbond substituents is 1. The number of benzene rings is 1. The summed E-state index contributed by atoms with van der Waals surface area (Å²) in [5, 5.41) is 9.73. The third-order valence-electron chi connectivity index (χ3n) is 3.26. The lowest BCUT2D eigenvalue weighted by Gasteiger charge is -2.21. The van der Waals surface area contributed by atoms with Crippen LogP contribution in [0.2, 0.25) is 0 Å². The lowest BCUT2D eigenvalue weighted by Crippen LogP contribution is -2.29. The fraction of sp³-hybridized carbons (Fsp3) is 0.579. The van der Waals surface area contributed by atoms with Gasteiger partial charge in [0, 0.05) is 20.0 Å². The lowest BCUT2D eigenvalue weighted by molar-refractivity contribution is -0.154. The van der Waals surface area contributed by atoms with Crippen LogP contribution in [0.25, 0.3) is 0 Å². The van der Waals surface area contributed by atoms with Gasteiger partial charge in [0.1, 0.15) is 11.4 Å². The molecule has 0 aliphatic carbocycles. The molecule has 0 unspecified atom stereocenters. The van der Waals surface area contributed by atoms with Crippen molar-refractivity contribution in [2.75, 3.05) is 7.05 Å². The number of hydrogen-bond acceptors (Lipinski definition) is 5. The van der Waals surface area contributed by atoms with Gasteiger partial charge in [-0.1, -0.05) is 6.07 Å². The molecule has 0 aliphatic rings. The largest absolute Gasteiger partial charge is 0.508 e. The minimum absolute atomic E-state index is 0.121. The highest BCUT2D eigenvalue weighted by Gasteiger charge is 2.18. The third-order valence-corrected chi connectivity index (χ3v) is 3.26. The zero-order valence-corrected chi connectivity index (χ0v) is 16.0.